The highest BCUT2D eigenvalue weighted by Gasteiger charge is 2.23. The van der Waals surface area contributed by atoms with E-state index >= 15 is 0 Å². The summed E-state index contributed by atoms with van der Waals surface area (Å²) in [6, 6.07) is 6.58. The van der Waals surface area contributed by atoms with Crippen molar-refractivity contribution in [1.29, 1.82) is 0 Å². The van der Waals surface area contributed by atoms with Crippen molar-refractivity contribution in [2.45, 2.75) is 6.54 Å². The van der Waals surface area contributed by atoms with Gasteiger partial charge in [0.2, 0.25) is 0 Å². The van der Waals surface area contributed by atoms with Gasteiger partial charge < -0.3 is 9.47 Å². The molecule has 1 fully saturated rings. The fraction of sp³-hybridized carbons (Fsp3) is 0.462. The van der Waals surface area contributed by atoms with Crippen molar-refractivity contribution >= 4 is 16.2 Å². The number of rotatable bonds is 5. The third-order valence-corrected chi connectivity index (χ3v) is 4.70. The highest BCUT2D eigenvalue weighted by Crippen LogP contribution is 2.08. The quantitative estimate of drug-likeness (QED) is 0.782. The second kappa shape index (κ2) is 6.99. The smallest absolute Gasteiger partial charge is 0.337 e. The summed E-state index contributed by atoms with van der Waals surface area (Å²) >= 11 is 0. The third-order valence-electron chi connectivity index (χ3n) is 3.14. The maximum Gasteiger partial charge on any atom is 0.337 e. The fourth-order valence-corrected chi connectivity index (χ4v) is 3.09. The zero-order chi connectivity index (χ0) is 15.3. The van der Waals surface area contributed by atoms with E-state index in [1.165, 1.54) is 11.4 Å². The molecule has 1 saturated heterocycles. The van der Waals surface area contributed by atoms with Crippen LogP contribution in [0.15, 0.2) is 24.3 Å². The second-order valence-electron chi connectivity index (χ2n) is 4.53. The average molecular weight is 314 g/mol. The Morgan fingerprint density at radius 1 is 1.29 bits per heavy atom. The first-order valence-corrected chi connectivity index (χ1v) is 7.96. The molecule has 1 aromatic carbocycles. The van der Waals surface area contributed by atoms with Gasteiger partial charge in [-0.1, -0.05) is 12.1 Å². The summed E-state index contributed by atoms with van der Waals surface area (Å²) in [6.07, 6.45) is 0. The van der Waals surface area contributed by atoms with Gasteiger partial charge in [-0.3, -0.25) is 0 Å². The Morgan fingerprint density at radius 2 is 1.90 bits per heavy atom. The Labute approximate surface area is 124 Å². The van der Waals surface area contributed by atoms with Crippen LogP contribution in [-0.2, 0) is 26.2 Å². The number of hydrogen-bond acceptors (Lipinski definition) is 5. The van der Waals surface area contributed by atoms with E-state index in [-0.39, 0.29) is 6.54 Å². The highest BCUT2D eigenvalue weighted by molar-refractivity contribution is 7.87. The van der Waals surface area contributed by atoms with Gasteiger partial charge in [-0.25, -0.2) is 4.79 Å². The molecule has 0 radical (unpaired) electrons. The number of methoxy groups -OCH3 is 1. The summed E-state index contributed by atoms with van der Waals surface area (Å²) < 4.78 is 37.8. The molecule has 0 aliphatic carbocycles. The molecule has 1 aromatic rings. The lowest BCUT2D eigenvalue weighted by Crippen LogP contribution is -2.46. The van der Waals surface area contributed by atoms with Gasteiger partial charge in [0.05, 0.1) is 25.9 Å². The van der Waals surface area contributed by atoms with Crippen molar-refractivity contribution in [3.05, 3.63) is 35.4 Å². The Bertz CT molecular complexity index is 579. The van der Waals surface area contributed by atoms with Crippen LogP contribution < -0.4 is 4.72 Å². The molecule has 7 nitrogen and oxygen atoms in total. The lowest BCUT2D eigenvalue weighted by Gasteiger charge is -2.26. The second-order valence-corrected chi connectivity index (χ2v) is 6.28. The van der Waals surface area contributed by atoms with Gasteiger partial charge >= 0.3 is 5.97 Å². The molecule has 21 heavy (non-hydrogen) atoms. The zero-order valence-corrected chi connectivity index (χ0v) is 12.6. The van der Waals surface area contributed by atoms with Crippen molar-refractivity contribution in [3.63, 3.8) is 0 Å². The minimum absolute atomic E-state index is 0.168. The van der Waals surface area contributed by atoms with E-state index in [1.54, 1.807) is 24.3 Å². The summed E-state index contributed by atoms with van der Waals surface area (Å²) in [6.45, 7) is 1.71. The lowest BCUT2D eigenvalue weighted by atomic mass is 10.1. The molecule has 2 rings (SSSR count). The van der Waals surface area contributed by atoms with Crippen LogP contribution in [0.5, 0.6) is 0 Å². The summed E-state index contributed by atoms with van der Waals surface area (Å²) in [5, 5.41) is 0. The van der Waals surface area contributed by atoms with Crippen LogP contribution in [0.25, 0.3) is 0 Å². The molecule has 0 saturated carbocycles. The summed E-state index contributed by atoms with van der Waals surface area (Å²) in [5.41, 5.74) is 1.19. The first kappa shape index (κ1) is 15.9. The average Bonchev–Trinajstić information content (AvgIpc) is 2.53. The Balaban J connectivity index is 1.94. The van der Waals surface area contributed by atoms with Crippen LogP contribution in [0.3, 0.4) is 0 Å². The number of hydrogen-bond donors (Lipinski definition) is 1. The van der Waals surface area contributed by atoms with Gasteiger partial charge in [0, 0.05) is 19.6 Å². The number of nitrogens with zero attached hydrogens (tertiary/aromatic N) is 1. The van der Waals surface area contributed by atoms with E-state index < -0.39 is 16.2 Å². The Morgan fingerprint density at radius 3 is 2.48 bits per heavy atom. The van der Waals surface area contributed by atoms with Crippen LogP contribution in [-0.4, -0.2) is 52.1 Å². The molecule has 8 heteroatoms. The molecule has 1 N–H and O–H groups in total. The van der Waals surface area contributed by atoms with Crippen molar-refractivity contribution in [1.82, 2.24) is 9.03 Å². The van der Waals surface area contributed by atoms with Crippen molar-refractivity contribution in [2.24, 2.45) is 0 Å². The first-order chi connectivity index (χ1) is 10.0. The van der Waals surface area contributed by atoms with Crippen molar-refractivity contribution in [2.75, 3.05) is 33.4 Å². The van der Waals surface area contributed by atoms with Gasteiger partial charge in [-0.2, -0.15) is 17.4 Å². The zero-order valence-electron chi connectivity index (χ0n) is 11.7. The van der Waals surface area contributed by atoms with Gasteiger partial charge in [0.1, 0.15) is 0 Å². The molecule has 0 bridgehead atoms. The molecule has 0 amide bonds. The van der Waals surface area contributed by atoms with E-state index in [2.05, 4.69) is 9.46 Å². The minimum atomic E-state index is -3.50. The summed E-state index contributed by atoms with van der Waals surface area (Å²) in [4.78, 5) is 11.3. The van der Waals surface area contributed by atoms with Crippen LogP contribution in [0.4, 0.5) is 0 Å². The number of esters is 1. The molecule has 1 aliphatic rings. The maximum atomic E-state index is 12.1. The number of nitrogens with one attached hydrogen (secondary N) is 1. The molecule has 1 aliphatic heterocycles. The Hall–Kier alpha value is -1.48. The lowest BCUT2D eigenvalue weighted by molar-refractivity contribution is 0.0600. The molecule has 1 heterocycles. The molecule has 0 spiro atoms. The predicted molar refractivity (Wildman–Crippen MR) is 75.9 cm³/mol. The highest BCUT2D eigenvalue weighted by atomic mass is 32.2. The van der Waals surface area contributed by atoms with Crippen LogP contribution >= 0.6 is 0 Å². The molecular formula is C13H18N2O5S. The van der Waals surface area contributed by atoms with Crippen LogP contribution in [0.2, 0.25) is 0 Å². The minimum Gasteiger partial charge on any atom is -0.465 e. The molecule has 116 valence electrons. The van der Waals surface area contributed by atoms with Gasteiger partial charge in [-0.15, -0.1) is 0 Å². The summed E-state index contributed by atoms with van der Waals surface area (Å²) in [5.74, 6) is -0.421. The van der Waals surface area contributed by atoms with Gasteiger partial charge in [-0.05, 0) is 17.7 Å². The molecule has 0 aromatic heterocycles. The fourth-order valence-electron chi connectivity index (χ4n) is 1.93. The van der Waals surface area contributed by atoms with E-state index in [0.717, 1.165) is 5.56 Å². The van der Waals surface area contributed by atoms with E-state index in [9.17, 15) is 13.2 Å². The number of carbonyl (C=O) groups excluding carboxylic acids is 1. The van der Waals surface area contributed by atoms with E-state index in [4.69, 9.17) is 4.74 Å². The standard InChI is InChI=1S/C13H18N2O5S/c1-19-13(16)12-4-2-11(3-5-12)10-14-21(17,18)15-6-8-20-9-7-15/h2-5,14H,6-10H2,1H3. The maximum absolute atomic E-state index is 12.1. The van der Waals surface area contributed by atoms with E-state index in [1.807, 2.05) is 0 Å². The third kappa shape index (κ3) is 4.24. The van der Waals surface area contributed by atoms with Crippen molar-refractivity contribution in [3.8, 4) is 0 Å². The topological polar surface area (TPSA) is 84.9 Å². The number of morpholine rings is 1. The Kier molecular flexibility index (Phi) is 5.29. The number of benzene rings is 1. The SMILES string of the molecule is COC(=O)c1ccc(CNS(=O)(=O)N2CCOCC2)cc1. The molecular weight excluding hydrogens is 296 g/mol. The van der Waals surface area contributed by atoms with Crippen molar-refractivity contribution < 1.29 is 22.7 Å². The van der Waals surface area contributed by atoms with E-state index in [0.29, 0.717) is 31.9 Å². The molecule has 0 unspecified atom stereocenters. The summed E-state index contributed by atoms with van der Waals surface area (Å²) in [7, 11) is -2.19. The predicted octanol–water partition coefficient (Wildman–Crippen LogP) is 0.140. The monoisotopic (exact) mass is 314 g/mol. The number of carbonyl (C=O) groups is 1. The number of ether oxygens (including phenoxy) is 2. The molecule has 0 atom stereocenters. The van der Waals surface area contributed by atoms with Gasteiger partial charge in [0.15, 0.2) is 0 Å². The first-order valence-electron chi connectivity index (χ1n) is 6.52. The van der Waals surface area contributed by atoms with Crippen LogP contribution in [0, 0.1) is 0 Å². The van der Waals surface area contributed by atoms with Crippen LogP contribution in [0.1, 0.15) is 15.9 Å². The largest absolute Gasteiger partial charge is 0.465 e. The normalized spacial score (nSPS) is 16.6. The van der Waals surface area contributed by atoms with Gasteiger partial charge in [0.25, 0.3) is 10.2 Å².